The molecule has 0 saturated heterocycles. The van der Waals surface area contributed by atoms with Crippen LogP contribution in [0.5, 0.6) is 5.75 Å². The van der Waals surface area contributed by atoms with Crippen LogP contribution in [0, 0.1) is 6.92 Å². The van der Waals surface area contributed by atoms with Gasteiger partial charge in [-0.05, 0) is 36.8 Å². The molecule has 0 radical (unpaired) electrons. The quantitative estimate of drug-likeness (QED) is 0.794. The lowest BCUT2D eigenvalue weighted by Crippen LogP contribution is -2.30. The molecule has 0 spiro atoms. The van der Waals surface area contributed by atoms with Crippen molar-refractivity contribution in [2.24, 2.45) is 0 Å². The van der Waals surface area contributed by atoms with Gasteiger partial charge in [0.1, 0.15) is 12.3 Å². The number of ether oxygens (including phenoxy) is 2. The summed E-state index contributed by atoms with van der Waals surface area (Å²) < 4.78 is 10.2. The van der Waals surface area contributed by atoms with Gasteiger partial charge in [0.25, 0.3) is 5.91 Å². The van der Waals surface area contributed by atoms with Gasteiger partial charge in [0.2, 0.25) is 0 Å². The Morgan fingerprint density at radius 3 is 2.50 bits per heavy atom. The Morgan fingerprint density at radius 1 is 1.08 bits per heavy atom. The highest BCUT2D eigenvalue weighted by Crippen LogP contribution is 2.11. The number of carbonyl (C=O) groups excluding carboxylic acids is 2. The van der Waals surface area contributed by atoms with Crippen LogP contribution >= 0.6 is 0 Å². The SMILES string of the molecule is COc1ccc(CCOC(=O)CNC(=O)c2cccc(C)c2)cc1. The summed E-state index contributed by atoms with van der Waals surface area (Å²) >= 11 is 0. The summed E-state index contributed by atoms with van der Waals surface area (Å²) in [6.07, 6.45) is 0.613. The van der Waals surface area contributed by atoms with E-state index in [0.29, 0.717) is 12.0 Å². The molecule has 126 valence electrons. The average molecular weight is 327 g/mol. The Balaban J connectivity index is 1.70. The zero-order chi connectivity index (χ0) is 17.4. The third-order valence-electron chi connectivity index (χ3n) is 3.49. The van der Waals surface area contributed by atoms with Crippen LogP contribution in [0.2, 0.25) is 0 Å². The molecule has 2 aromatic carbocycles. The van der Waals surface area contributed by atoms with E-state index in [9.17, 15) is 9.59 Å². The first-order valence-corrected chi connectivity index (χ1v) is 7.72. The largest absolute Gasteiger partial charge is 0.497 e. The van der Waals surface area contributed by atoms with Gasteiger partial charge >= 0.3 is 5.97 Å². The molecule has 5 heteroatoms. The molecule has 2 aromatic rings. The number of rotatable bonds is 7. The summed E-state index contributed by atoms with van der Waals surface area (Å²) in [7, 11) is 1.61. The first-order valence-electron chi connectivity index (χ1n) is 7.72. The molecule has 24 heavy (non-hydrogen) atoms. The normalized spacial score (nSPS) is 10.1. The standard InChI is InChI=1S/C19H21NO4/c1-14-4-3-5-16(12-14)19(22)20-13-18(21)24-11-10-15-6-8-17(23-2)9-7-15/h3-9,12H,10-11,13H2,1-2H3,(H,20,22). The zero-order valence-corrected chi connectivity index (χ0v) is 13.9. The summed E-state index contributed by atoms with van der Waals surface area (Å²) in [5.41, 5.74) is 2.57. The fraction of sp³-hybridized carbons (Fsp3) is 0.263. The molecule has 0 bridgehead atoms. The van der Waals surface area contributed by atoms with Gasteiger partial charge in [0, 0.05) is 12.0 Å². The van der Waals surface area contributed by atoms with Gasteiger partial charge in [-0.2, -0.15) is 0 Å². The van der Waals surface area contributed by atoms with Crippen LogP contribution < -0.4 is 10.1 Å². The van der Waals surface area contributed by atoms with Gasteiger partial charge < -0.3 is 14.8 Å². The number of aryl methyl sites for hydroxylation is 1. The lowest BCUT2D eigenvalue weighted by molar-refractivity contribution is -0.142. The molecule has 0 saturated carbocycles. The molecule has 0 heterocycles. The van der Waals surface area contributed by atoms with Gasteiger partial charge in [-0.3, -0.25) is 9.59 Å². The van der Waals surface area contributed by atoms with E-state index in [1.807, 2.05) is 37.3 Å². The van der Waals surface area contributed by atoms with Crippen LogP contribution in [0.1, 0.15) is 21.5 Å². The monoisotopic (exact) mass is 327 g/mol. The topological polar surface area (TPSA) is 64.6 Å². The highest BCUT2D eigenvalue weighted by molar-refractivity contribution is 5.96. The van der Waals surface area contributed by atoms with Crippen molar-refractivity contribution in [3.8, 4) is 5.75 Å². The fourth-order valence-electron chi connectivity index (χ4n) is 2.17. The van der Waals surface area contributed by atoms with E-state index in [4.69, 9.17) is 9.47 Å². The predicted octanol–water partition coefficient (Wildman–Crippen LogP) is 2.52. The molecular weight excluding hydrogens is 306 g/mol. The van der Waals surface area contributed by atoms with Crippen LogP contribution in [-0.2, 0) is 16.0 Å². The summed E-state index contributed by atoms with van der Waals surface area (Å²) in [4.78, 5) is 23.6. The summed E-state index contributed by atoms with van der Waals surface area (Å²) in [6, 6.07) is 14.8. The Bertz CT molecular complexity index is 695. The van der Waals surface area contributed by atoms with Gasteiger partial charge in [-0.1, -0.05) is 29.8 Å². The first kappa shape index (κ1) is 17.5. The number of hydrogen-bond acceptors (Lipinski definition) is 4. The highest BCUT2D eigenvalue weighted by Gasteiger charge is 2.09. The van der Waals surface area contributed by atoms with Gasteiger partial charge in [-0.25, -0.2) is 0 Å². The summed E-state index contributed by atoms with van der Waals surface area (Å²) in [5, 5.41) is 2.56. The second-order valence-electron chi connectivity index (χ2n) is 5.37. The van der Waals surface area contributed by atoms with Crippen LogP contribution in [0.4, 0.5) is 0 Å². The molecule has 2 rings (SSSR count). The molecule has 0 atom stereocenters. The Labute approximate surface area is 141 Å². The smallest absolute Gasteiger partial charge is 0.325 e. The Kier molecular flexibility index (Phi) is 6.37. The Morgan fingerprint density at radius 2 is 1.83 bits per heavy atom. The van der Waals surface area contributed by atoms with Crippen LogP contribution in [-0.4, -0.2) is 32.1 Å². The zero-order valence-electron chi connectivity index (χ0n) is 13.9. The average Bonchev–Trinajstić information content (AvgIpc) is 2.60. The maximum absolute atomic E-state index is 11.9. The minimum Gasteiger partial charge on any atom is -0.497 e. The van der Waals surface area contributed by atoms with Crippen molar-refractivity contribution < 1.29 is 19.1 Å². The maximum atomic E-state index is 11.9. The van der Waals surface area contributed by atoms with Crippen molar-refractivity contribution in [1.82, 2.24) is 5.32 Å². The van der Waals surface area contributed by atoms with Crippen molar-refractivity contribution >= 4 is 11.9 Å². The van der Waals surface area contributed by atoms with Crippen LogP contribution in [0.25, 0.3) is 0 Å². The van der Waals surface area contributed by atoms with Crippen molar-refractivity contribution in [1.29, 1.82) is 0 Å². The second kappa shape index (κ2) is 8.72. The van der Waals surface area contributed by atoms with E-state index in [0.717, 1.165) is 16.9 Å². The lowest BCUT2D eigenvalue weighted by atomic mass is 10.1. The number of hydrogen-bond donors (Lipinski definition) is 1. The number of esters is 1. The molecule has 0 fully saturated rings. The molecule has 0 aliphatic rings. The lowest BCUT2D eigenvalue weighted by Gasteiger charge is -2.07. The second-order valence-corrected chi connectivity index (χ2v) is 5.37. The van der Waals surface area contributed by atoms with Gasteiger partial charge in [0.05, 0.1) is 13.7 Å². The minimum absolute atomic E-state index is 0.143. The maximum Gasteiger partial charge on any atom is 0.325 e. The number of benzene rings is 2. The van der Waals surface area contributed by atoms with Gasteiger partial charge in [0.15, 0.2) is 0 Å². The number of methoxy groups -OCH3 is 1. The van der Waals surface area contributed by atoms with E-state index >= 15 is 0 Å². The first-order chi connectivity index (χ1) is 11.6. The van der Waals surface area contributed by atoms with Crippen LogP contribution in [0.3, 0.4) is 0 Å². The van der Waals surface area contributed by atoms with E-state index in [-0.39, 0.29) is 19.1 Å². The molecule has 0 aromatic heterocycles. The van der Waals surface area contributed by atoms with Gasteiger partial charge in [-0.15, -0.1) is 0 Å². The minimum atomic E-state index is -0.454. The number of amides is 1. The predicted molar refractivity (Wildman–Crippen MR) is 91.2 cm³/mol. The fourth-order valence-corrected chi connectivity index (χ4v) is 2.17. The van der Waals surface area contributed by atoms with Crippen molar-refractivity contribution in [2.45, 2.75) is 13.3 Å². The number of nitrogens with one attached hydrogen (secondary N) is 1. The van der Waals surface area contributed by atoms with E-state index < -0.39 is 5.97 Å². The van der Waals surface area contributed by atoms with E-state index in [1.54, 1.807) is 25.3 Å². The third kappa shape index (κ3) is 5.43. The molecule has 1 amide bonds. The molecular formula is C19H21NO4. The molecule has 0 aliphatic carbocycles. The van der Waals surface area contributed by atoms with E-state index in [2.05, 4.69) is 5.32 Å². The molecule has 0 unspecified atom stereocenters. The number of carbonyl (C=O) groups is 2. The van der Waals surface area contributed by atoms with Crippen molar-refractivity contribution in [3.05, 3.63) is 65.2 Å². The molecule has 5 nitrogen and oxygen atoms in total. The molecule has 1 N–H and O–H groups in total. The van der Waals surface area contributed by atoms with Crippen molar-refractivity contribution in [3.63, 3.8) is 0 Å². The third-order valence-corrected chi connectivity index (χ3v) is 3.49. The Hall–Kier alpha value is -2.82. The van der Waals surface area contributed by atoms with E-state index in [1.165, 1.54) is 0 Å². The van der Waals surface area contributed by atoms with Crippen LogP contribution in [0.15, 0.2) is 48.5 Å². The summed E-state index contributed by atoms with van der Waals surface area (Å²) in [6.45, 7) is 2.03. The van der Waals surface area contributed by atoms with Crippen molar-refractivity contribution in [2.75, 3.05) is 20.3 Å². The summed E-state index contributed by atoms with van der Waals surface area (Å²) in [5.74, 6) is 0.0462. The molecule has 0 aliphatic heterocycles. The highest BCUT2D eigenvalue weighted by atomic mass is 16.5.